The molecule has 0 amide bonds. The van der Waals surface area contributed by atoms with Crippen LogP contribution in [-0.4, -0.2) is 17.5 Å². The predicted molar refractivity (Wildman–Crippen MR) is 288 cm³/mol. The lowest BCUT2D eigenvalue weighted by molar-refractivity contribution is 0.491. The number of aliphatic imine (C=N–C) groups is 3. The van der Waals surface area contributed by atoms with Crippen molar-refractivity contribution >= 4 is 70.6 Å². The molecule has 11 aromatic rings. The second kappa shape index (κ2) is 17.3. The fourth-order valence-electron chi connectivity index (χ4n) is 9.85. The van der Waals surface area contributed by atoms with Crippen LogP contribution in [0.4, 0.5) is 0 Å². The summed E-state index contributed by atoms with van der Waals surface area (Å²) in [7, 11) is 0. The van der Waals surface area contributed by atoms with E-state index < -0.39 is 0 Å². The molecule has 6 nitrogen and oxygen atoms in total. The molecule has 2 aliphatic rings. The smallest absolute Gasteiger partial charge is 0.169 e. The highest BCUT2D eigenvalue weighted by molar-refractivity contribution is 7.25. The molecule has 13 rings (SSSR count). The van der Waals surface area contributed by atoms with Gasteiger partial charge in [-0.3, -0.25) is 0 Å². The van der Waals surface area contributed by atoms with Gasteiger partial charge in [0.15, 0.2) is 6.17 Å². The van der Waals surface area contributed by atoms with Gasteiger partial charge in [0.05, 0.1) is 0 Å². The van der Waals surface area contributed by atoms with Gasteiger partial charge in [-0.1, -0.05) is 206 Å². The van der Waals surface area contributed by atoms with E-state index in [1.165, 1.54) is 36.3 Å². The van der Waals surface area contributed by atoms with Crippen molar-refractivity contribution in [3.8, 4) is 22.3 Å². The standard InChI is InChI=1S/C62H43N6S/c1-3-17-42(18-4-1)57-63-58(43-19-5-2-6-20-43)65-59(64-57)44-32-30-41(31-33-44)53-38-56-54(50-26-11-12-28-55(50)69-56)37-52(53)46-23-13-24-47(36-46)60-66-61(48-34-29-39-15-7-8-21-45(39)35-48)68-62(67-60)51-27-14-22-40-16-9-10-25-49(40)51/h1-38,57,60,62,67H,(H-,63,64,65,66,68)/q-1. The molecule has 2 N–H and O–H groups in total. The fraction of sp³-hybridized carbons (Fsp3) is 0.0484. The molecule has 0 radical (unpaired) electrons. The van der Waals surface area contributed by atoms with Crippen LogP contribution >= 0.6 is 11.3 Å². The molecule has 0 saturated carbocycles. The lowest BCUT2D eigenvalue weighted by Crippen LogP contribution is -2.36. The molecule has 0 fully saturated rings. The SMILES string of the molecule is c1ccc(C2=NC(c3ccccc3)N=C(c3ccc(-c4cc5sc6ccccc6c5cc4-c4cccc(C5[N-]C(c6ccc7ccccc7c6)=NC(c6cccc7ccccc67)N5)c4)cc3)N2)cc1. The van der Waals surface area contributed by atoms with Crippen LogP contribution in [0, 0.1) is 0 Å². The van der Waals surface area contributed by atoms with E-state index in [0.29, 0.717) is 0 Å². The summed E-state index contributed by atoms with van der Waals surface area (Å²) >= 11 is 1.84. The van der Waals surface area contributed by atoms with E-state index in [9.17, 15) is 0 Å². The highest BCUT2D eigenvalue weighted by Gasteiger charge is 2.23. The van der Waals surface area contributed by atoms with E-state index in [2.05, 4.69) is 205 Å². The number of hydrogen-bond acceptors (Lipinski definition) is 6. The zero-order valence-electron chi connectivity index (χ0n) is 37.4. The molecule has 7 heteroatoms. The Morgan fingerprint density at radius 3 is 1.83 bits per heavy atom. The first-order valence-corrected chi connectivity index (χ1v) is 24.2. The molecule has 3 atom stereocenters. The maximum atomic E-state index is 5.40. The highest BCUT2D eigenvalue weighted by Crippen LogP contribution is 2.43. The van der Waals surface area contributed by atoms with Crippen molar-refractivity contribution in [2.45, 2.75) is 18.5 Å². The van der Waals surface area contributed by atoms with E-state index in [4.69, 9.17) is 20.3 Å². The van der Waals surface area contributed by atoms with Crippen molar-refractivity contribution in [2.75, 3.05) is 0 Å². The van der Waals surface area contributed by atoms with Crippen molar-refractivity contribution in [2.24, 2.45) is 15.0 Å². The van der Waals surface area contributed by atoms with Gasteiger partial charge in [-0.05, 0) is 96.4 Å². The molecule has 1 aromatic heterocycles. The summed E-state index contributed by atoms with van der Waals surface area (Å²) in [5.74, 6) is 2.32. The molecule has 0 bridgehead atoms. The van der Waals surface area contributed by atoms with Crippen molar-refractivity contribution < 1.29 is 0 Å². The van der Waals surface area contributed by atoms with Gasteiger partial charge < -0.3 is 20.9 Å². The van der Waals surface area contributed by atoms with Crippen LogP contribution in [0.25, 0.3) is 69.3 Å². The zero-order valence-corrected chi connectivity index (χ0v) is 38.2. The van der Waals surface area contributed by atoms with Gasteiger partial charge in [-0.2, -0.15) is 0 Å². The third-order valence-electron chi connectivity index (χ3n) is 13.3. The predicted octanol–water partition coefficient (Wildman–Crippen LogP) is 15.3. The van der Waals surface area contributed by atoms with Crippen LogP contribution in [-0.2, 0) is 0 Å². The van der Waals surface area contributed by atoms with Gasteiger partial charge >= 0.3 is 0 Å². The first-order chi connectivity index (χ1) is 34.1. The number of rotatable bonds is 8. The summed E-state index contributed by atoms with van der Waals surface area (Å²) in [6, 6.07) is 81.8. The van der Waals surface area contributed by atoms with Gasteiger partial charge in [0.2, 0.25) is 0 Å². The van der Waals surface area contributed by atoms with Crippen LogP contribution in [0.5, 0.6) is 0 Å². The van der Waals surface area contributed by atoms with Crippen LogP contribution in [0.1, 0.15) is 51.9 Å². The lowest BCUT2D eigenvalue weighted by Gasteiger charge is -2.41. The van der Waals surface area contributed by atoms with Crippen molar-refractivity contribution in [3.63, 3.8) is 0 Å². The molecule has 0 aliphatic carbocycles. The number of nitrogens with one attached hydrogen (secondary N) is 2. The second-order valence-electron chi connectivity index (χ2n) is 17.6. The Hall–Kier alpha value is -8.49. The first-order valence-electron chi connectivity index (χ1n) is 23.4. The van der Waals surface area contributed by atoms with Crippen molar-refractivity contribution in [1.29, 1.82) is 0 Å². The number of thiophene rings is 1. The van der Waals surface area contributed by atoms with Gasteiger partial charge in [0.25, 0.3) is 0 Å². The maximum absolute atomic E-state index is 5.40. The number of hydrogen-bond donors (Lipinski definition) is 2. The van der Waals surface area contributed by atoms with E-state index in [1.807, 2.05) is 47.7 Å². The normalized spacial score (nSPS) is 17.0. The molecular weight excluding hydrogens is 861 g/mol. The monoisotopic (exact) mass is 903 g/mol. The average molecular weight is 904 g/mol. The zero-order chi connectivity index (χ0) is 45.7. The number of amidine groups is 3. The van der Waals surface area contributed by atoms with Gasteiger partial charge in [-0.25, -0.2) is 9.98 Å². The lowest BCUT2D eigenvalue weighted by atomic mass is 9.91. The average Bonchev–Trinajstić information content (AvgIpc) is 3.80. The summed E-state index contributed by atoms with van der Waals surface area (Å²) in [5.41, 5.74) is 10.8. The molecule has 0 spiro atoms. The summed E-state index contributed by atoms with van der Waals surface area (Å²) < 4.78 is 2.52. The number of nitrogens with zero attached hydrogens (tertiary/aromatic N) is 4. The third kappa shape index (κ3) is 7.74. The van der Waals surface area contributed by atoms with Crippen molar-refractivity contribution in [3.05, 3.63) is 269 Å². The quantitative estimate of drug-likeness (QED) is 0.159. The van der Waals surface area contributed by atoms with Crippen LogP contribution in [0.3, 0.4) is 0 Å². The Labute approximate surface area is 404 Å². The summed E-state index contributed by atoms with van der Waals surface area (Å²) in [6.45, 7) is 0. The maximum Gasteiger partial charge on any atom is 0.169 e. The summed E-state index contributed by atoms with van der Waals surface area (Å²) in [6.07, 6.45) is -1.06. The van der Waals surface area contributed by atoms with E-state index >= 15 is 0 Å². The molecule has 2 aliphatic heterocycles. The molecule has 3 heterocycles. The Kier molecular flexibility index (Phi) is 10.2. The second-order valence-corrected chi connectivity index (χ2v) is 18.7. The Bertz CT molecular complexity index is 3830. The van der Waals surface area contributed by atoms with Crippen molar-refractivity contribution in [1.82, 2.24) is 10.6 Å². The molecule has 0 saturated heterocycles. The molecule has 328 valence electrons. The van der Waals surface area contributed by atoms with Gasteiger partial charge in [-0.15, -0.1) is 11.3 Å². The Balaban J connectivity index is 0.901. The van der Waals surface area contributed by atoms with Gasteiger partial charge in [0.1, 0.15) is 11.7 Å². The van der Waals surface area contributed by atoms with Gasteiger partial charge in [0, 0.05) is 43.6 Å². The van der Waals surface area contributed by atoms with E-state index in [0.717, 1.165) is 78.5 Å². The number of benzene rings is 10. The molecule has 69 heavy (non-hydrogen) atoms. The molecule has 10 aromatic carbocycles. The number of fused-ring (bicyclic) bond motifs is 5. The van der Waals surface area contributed by atoms with Crippen LogP contribution in [0.2, 0.25) is 0 Å². The topological polar surface area (TPSA) is 75.2 Å². The minimum absolute atomic E-state index is 0.326. The van der Waals surface area contributed by atoms with E-state index in [1.54, 1.807) is 0 Å². The molecule has 3 unspecified atom stereocenters. The van der Waals surface area contributed by atoms with E-state index in [-0.39, 0.29) is 18.5 Å². The third-order valence-corrected chi connectivity index (χ3v) is 14.5. The van der Waals surface area contributed by atoms with Crippen LogP contribution in [0.15, 0.2) is 245 Å². The largest absolute Gasteiger partial charge is 0.445 e. The minimum atomic E-state index is -0.367. The Morgan fingerprint density at radius 2 is 1.00 bits per heavy atom. The summed E-state index contributed by atoms with van der Waals surface area (Å²) in [5, 5.41) is 20.1. The van der Waals surface area contributed by atoms with Crippen LogP contribution < -0.4 is 10.6 Å². The molecular formula is C62H43N6S-. The first kappa shape index (κ1) is 40.8. The Morgan fingerprint density at radius 1 is 0.391 bits per heavy atom. The minimum Gasteiger partial charge on any atom is -0.445 e. The fourth-order valence-corrected chi connectivity index (χ4v) is 11.0. The highest BCUT2D eigenvalue weighted by atomic mass is 32.1. The summed E-state index contributed by atoms with van der Waals surface area (Å²) in [4.78, 5) is 15.6.